The van der Waals surface area contributed by atoms with Crippen LogP contribution in [0.3, 0.4) is 0 Å². The van der Waals surface area contributed by atoms with Crippen LogP contribution in [0.2, 0.25) is 0 Å². The molecule has 1 N–H and O–H groups in total. The lowest BCUT2D eigenvalue weighted by atomic mass is 9.99. The number of fused-ring (bicyclic) bond motifs is 3. The van der Waals surface area contributed by atoms with Crippen molar-refractivity contribution in [2.75, 3.05) is 0 Å². The lowest BCUT2D eigenvalue weighted by Crippen LogP contribution is -1.96. The number of hydrogen-bond acceptors (Lipinski definition) is 2. The monoisotopic (exact) mass is 242 g/mol. The molecule has 2 nitrogen and oxygen atoms in total. The fraction of sp³-hybridized carbons (Fsp3) is 0.0714. The molecule has 2 aromatic carbocycles. The first-order valence-electron chi connectivity index (χ1n) is 5.31. The van der Waals surface area contributed by atoms with Crippen molar-refractivity contribution >= 4 is 38.2 Å². The quantitative estimate of drug-likeness (QED) is 0.698. The summed E-state index contributed by atoms with van der Waals surface area (Å²) in [5, 5.41) is 14.4. The Kier molecular flexibility index (Phi) is 2.16. The van der Waals surface area contributed by atoms with Crippen molar-refractivity contribution < 1.29 is 9.90 Å². The molecule has 3 heteroatoms. The lowest BCUT2D eigenvalue weighted by Gasteiger charge is -2.06. The van der Waals surface area contributed by atoms with Crippen LogP contribution in [-0.4, -0.2) is 11.1 Å². The summed E-state index contributed by atoms with van der Waals surface area (Å²) in [5.41, 5.74) is 1.51. The van der Waals surface area contributed by atoms with E-state index in [1.807, 2.05) is 36.6 Å². The minimum atomic E-state index is -0.859. The second-order valence-corrected chi connectivity index (χ2v) is 4.98. The number of aryl methyl sites for hydroxylation is 1. The number of aromatic carboxylic acids is 1. The lowest BCUT2D eigenvalue weighted by molar-refractivity contribution is 0.0699. The van der Waals surface area contributed by atoms with Crippen LogP contribution >= 0.6 is 11.3 Å². The number of hydrogen-bond donors (Lipinski definition) is 1. The normalized spacial score (nSPS) is 11.1. The number of thiophene rings is 1. The van der Waals surface area contributed by atoms with Gasteiger partial charge in [-0.15, -0.1) is 11.3 Å². The predicted molar refractivity (Wildman–Crippen MR) is 71.0 cm³/mol. The Morgan fingerprint density at radius 3 is 2.76 bits per heavy atom. The van der Waals surface area contributed by atoms with Crippen molar-refractivity contribution in [2.24, 2.45) is 0 Å². The topological polar surface area (TPSA) is 37.3 Å². The van der Waals surface area contributed by atoms with E-state index in [1.54, 1.807) is 6.07 Å². The van der Waals surface area contributed by atoms with Gasteiger partial charge in [0.25, 0.3) is 0 Å². The second kappa shape index (κ2) is 3.57. The van der Waals surface area contributed by atoms with Gasteiger partial charge in [0.2, 0.25) is 0 Å². The van der Waals surface area contributed by atoms with Crippen LogP contribution in [0, 0.1) is 6.92 Å². The average Bonchev–Trinajstić information content (AvgIpc) is 2.77. The molecule has 1 heterocycles. The third-order valence-corrected chi connectivity index (χ3v) is 3.99. The largest absolute Gasteiger partial charge is 0.478 e. The molecule has 0 bridgehead atoms. The van der Waals surface area contributed by atoms with Gasteiger partial charge >= 0.3 is 5.97 Å². The average molecular weight is 242 g/mol. The molecule has 0 unspecified atom stereocenters. The van der Waals surface area contributed by atoms with Gasteiger partial charge in [0.15, 0.2) is 0 Å². The number of carboxylic acid groups (broad SMARTS) is 1. The van der Waals surface area contributed by atoms with Gasteiger partial charge in [0.1, 0.15) is 0 Å². The molecule has 0 atom stereocenters. The smallest absolute Gasteiger partial charge is 0.337 e. The number of carboxylic acids is 1. The predicted octanol–water partition coefficient (Wildman–Crippen LogP) is 4.06. The summed E-state index contributed by atoms with van der Waals surface area (Å²) in [6, 6.07) is 9.84. The van der Waals surface area contributed by atoms with Gasteiger partial charge in [-0.1, -0.05) is 18.2 Å². The Hall–Kier alpha value is -1.87. The van der Waals surface area contributed by atoms with E-state index in [2.05, 4.69) is 0 Å². The van der Waals surface area contributed by atoms with Gasteiger partial charge in [0, 0.05) is 10.1 Å². The maximum absolute atomic E-state index is 11.3. The van der Waals surface area contributed by atoms with Gasteiger partial charge in [-0.05, 0) is 40.8 Å². The molecule has 0 saturated carbocycles. The first-order chi connectivity index (χ1) is 8.18. The minimum Gasteiger partial charge on any atom is -0.478 e. The van der Waals surface area contributed by atoms with E-state index < -0.39 is 5.97 Å². The van der Waals surface area contributed by atoms with E-state index in [9.17, 15) is 9.90 Å². The molecule has 84 valence electrons. The molecule has 0 saturated heterocycles. The van der Waals surface area contributed by atoms with E-state index in [4.69, 9.17) is 0 Å². The molecule has 0 radical (unpaired) electrons. The van der Waals surface area contributed by atoms with Gasteiger partial charge in [0.05, 0.1) is 5.56 Å². The highest BCUT2D eigenvalue weighted by molar-refractivity contribution is 7.17. The number of rotatable bonds is 1. The Balaban J connectivity index is 2.60. The highest BCUT2D eigenvalue weighted by atomic mass is 32.1. The molecule has 0 spiro atoms. The summed E-state index contributed by atoms with van der Waals surface area (Å²) in [7, 11) is 0. The summed E-state index contributed by atoms with van der Waals surface area (Å²) >= 11 is 1.48. The summed E-state index contributed by atoms with van der Waals surface area (Å²) in [5.74, 6) is -0.859. The molecule has 0 amide bonds. The molecule has 1 aromatic heterocycles. The summed E-state index contributed by atoms with van der Waals surface area (Å²) in [6.45, 7) is 2.01. The van der Waals surface area contributed by atoms with E-state index in [0.29, 0.717) is 5.56 Å². The van der Waals surface area contributed by atoms with Crippen LogP contribution in [0.4, 0.5) is 0 Å². The molecule has 3 aromatic rings. The third-order valence-electron chi connectivity index (χ3n) is 3.04. The highest BCUT2D eigenvalue weighted by Gasteiger charge is 2.13. The van der Waals surface area contributed by atoms with Crippen molar-refractivity contribution in [3.63, 3.8) is 0 Å². The Morgan fingerprint density at radius 2 is 2.00 bits per heavy atom. The first kappa shape index (κ1) is 10.3. The van der Waals surface area contributed by atoms with Crippen molar-refractivity contribution in [3.05, 3.63) is 46.8 Å². The third kappa shape index (κ3) is 1.43. The summed E-state index contributed by atoms with van der Waals surface area (Å²) in [6.07, 6.45) is 0. The van der Waals surface area contributed by atoms with Gasteiger partial charge in [-0.25, -0.2) is 4.79 Å². The van der Waals surface area contributed by atoms with Crippen LogP contribution in [0.15, 0.2) is 35.7 Å². The second-order valence-electron chi connectivity index (χ2n) is 4.06. The summed E-state index contributed by atoms with van der Waals surface area (Å²) in [4.78, 5) is 11.3. The fourth-order valence-electron chi connectivity index (χ4n) is 2.21. The molecule has 3 rings (SSSR count). The van der Waals surface area contributed by atoms with Gasteiger partial charge in [-0.3, -0.25) is 0 Å². The number of carbonyl (C=O) groups is 1. The zero-order chi connectivity index (χ0) is 12.0. The van der Waals surface area contributed by atoms with Crippen LogP contribution in [0.1, 0.15) is 15.9 Å². The van der Waals surface area contributed by atoms with Crippen LogP contribution in [-0.2, 0) is 0 Å². The molecule has 17 heavy (non-hydrogen) atoms. The van der Waals surface area contributed by atoms with Gasteiger partial charge < -0.3 is 5.11 Å². The van der Waals surface area contributed by atoms with Crippen molar-refractivity contribution in [1.29, 1.82) is 0 Å². The number of benzene rings is 2. The summed E-state index contributed by atoms with van der Waals surface area (Å²) < 4.78 is 0.857. The van der Waals surface area contributed by atoms with E-state index in [1.165, 1.54) is 11.3 Å². The Bertz CT molecular complexity index is 740. The van der Waals surface area contributed by atoms with E-state index >= 15 is 0 Å². The first-order valence-corrected chi connectivity index (χ1v) is 6.19. The standard InChI is InChI=1S/C14H10O2S/c1-8-3-2-4-9-10-5-6-17-13(10)12(14(15)16)7-11(8)9/h2-7H,1H3,(H,15,16). The van der Waals surface area contributed by atoms with Crippen LogP contribution in [0.5, 0.6) is 0 Å². The SMILES string of the molecule is Cc1cccc2c1cc(C(=O)O)c1sccc12. The molecule has 0 fully saturated rings. The molecule has 0 aliphatic heterocycles. The van der Waals surface area contributed by atoms with Gasteiger partial charge in [-0.2, -0.15) is 0 Å². The minimum absolute atomic E-state index is 0.400. The zero-order valence-corrected chi connectivity index (χ0v) is 10.0. The maximum Gasteiger partial charge on any atom is 0.337 e. The van der Waals surface area contributed by atoms with E-state index in [-0.39, 0.29) is 0 Å². The van der Waals surface area contributed by atoms with Crippen molar-refractivity contribution in [1.82, 2.24) is 0 Å². The zero-order valence-electron chi connectivity index (χ0n) is 9.23. The molecular weight excluding hydrogens is 232 g/mol. The molecular formula is C14H10O2S. The van der Waals surface area contributed by atoms with Crippen LogP contribution < -0.4 is 0 Å². The molecule has 0 aliphatic carbocycles. The molecule has 0 aliphatic rings. The van der Waals surface area contributed by atoms with Crippen LogP contribution in [0.25, 0.3) is 20.9 Å². The van der Waals surface area contributed by atoms with E-state index in [0.717, 1.165) is 26.4 Å². The Morgan fingerprint density at radius 1 is 1.18 bits per heavy atom. The fourth-order valence-corrected chi connectivity index (χ4v) is 3.12. The highest BCUT2D eigenvalue weighted by Crippen LogP contribution is 2.33. The van der Waals surface area contributed by atoms with Crippen molar-refractivity contribution in [3.8, 4) is 0 Å². The Labute approximate surface area is 102 Å². The van der Waals surface area contributed by atoms with Crippen molar-refractivity contribution in [2.45, 2.75) is 6.92 Å². The maximum atomic E-state index is 11.3.